The molecule has 0 bridgehead atoms. The van der Waals surface area contributed by atoms with Crippen LogP contribution in [-0.2, 0) is 30.4 Å². The lowest BCUT2D eigenvalue weighted by Crippen LogP contribution is -2.27. The fourth-order valence-corrected chi connectivity index (χ4v) is 8.60. The molecule has 0 saturated heterocycles. The van der Waals surface area contributed by atoms with Gasteiger partial charge < -0.3 is 13.9 Å². The lowest BCUT2D eigenvalue weighted by molar-refractivity contribution is 0.0551. The Morgan fingerprint density at radius 3 is 1.43 bits per heavy atom. The van der Waals surface area contributed by atoms with Gasteiger partial charge in [0.15, 0.2) is 0 Å². The molecule has 5 heteroatoms. The summed E-state index contributed by atoms with van der Waals surface area (Å²) in [5.74, 6) is 0. The van der Waals surface area contributed by atoms with Crippen molar-refractivity contribution in [1.29, 1.82) is 0 Å². The quantitative estimate of drug-likeness (QED) is 0.172. The monoisotopic (exact) mass is 709 g/mol. The number of hydrogen-bond acceptors (Lipinski definition) is 2. The Morgan fingerprint density at radius 1 is 0.500 bits per heavy atom. The number of carbonyl (C=O) groups is 1. The van der Waals surface area contributed by atoms with E-state index in [2.05, 4.69) is 146 Å². The first-order valence-corrected chi connectivity index (χ1v) is 19.6. The van der Waals surface area contributed by atoms with Gasteiger partial charge in [0.25, 0.3) is 0 Å². The fraction of sp³-hybridized carbons (Fsp3) is 0.245. The maximum absolute atomic E-state index is 14.1. The van der Waals surface area contributed by atoms with Crippen molar-refractivity contribution in [2.45, 2.75) is 79.8 Å². The molecule has 0 fully saturated rings. The Bertz CT molecular complexity index is 2900. The molecule has 0 aliphatic carbocycles. The van der Waals surface area contributed by atoms with Gasteiger partial charge in [-0.1, -0.05) is 58.0 Å². The van der Waals surface area contributed by atoms with Crippen molar-refractivity contribution in [3.8, 4) is 11.4 Å². The number of nitrogens with zero attached hydrogens (tertiary/aromatic N) is 3. The van der Waals surface area contributed by atoms with Gasteiger partial charge in [-0.2, -0.15) is 0 Å². The molecule has 0 unspecified atom stereocenters. The Labute approximate surface area is 316 Å². The summed E-state index contributed by atoms with van der Waals surface area (Å²) in [6, 6.07) is 40.3. The van der Waals surface area contributed by atoms with Crippen molar-refractivity contribution in [2.75, 3.05) is 0 Å². The molecule has 0 atom stereocenters. The highest BCUT2D eigenvalue weighted by Gasteiger charge is 2.25. The van der Waals surface area contributed by atoms with Gasteiger partial charge in [-0.25, -0.2) is 9.36 Å². The summed E-state index contributed by atoms with van der Waals surface area (Å²) in [4.78, 5) is 14.1. The van der Waals surface area contributed by atoms with E-state index in [0.29, 0.717) is 0 Å². The van der Waals surface area contributed by atoms with E-state index < -0.39 is 5.60 Å². The molecule has 9 rings (SSSR count). The fourth-order valence-electron chi connectivity index (χ4n) is 8.60. The second-order valence-electron chi connectivity index (χ2n) is 15.7. The Hall–Kier alpha value is -5.81. The number of aromatic nitrogens is 3. The van der Waals surface area contributed by atoms with E-state index in [4.69, 9.17) is 4.74 Å². The first-order chi connectivity index (χ1) is 26.1. The maximum atomic E-state index is 14.1. The predicted molar refractivity (Wildman–Crippen MR) is 227 cm³/mol. The summed E-state index contributed by atoms with van der Waals surface area (Å²) < 4.78 is 12.6. The van der Waals surface area contributed by atoms with E-state index in [-0.39, 0.29) is 6.09 Å². The van der Waals surface area contributed by atoms with Crippen LogP contribution < -0.4 is 0 Å². The molecule has 0 aliphatic rings. The highest BCUT2D eigenvalue weighted by Crippen LogP contribution is 2.40. The second-order valence-corrected chi connectivity index (χ2v) is 15.7. The number of rotatable bonds is 6. The van der Waals surface area contributed by atoms with Crippen LogP contribution in [0.2, 0.25) is 0 Å². The van der Waals surface area contributed by atoms with Gasteiger partial charge in [0.2, 0.25) is 0 Å². The summed E-state index contributed by atoms with van der Waals surface area (Å²) in [7, 11) is 0. The van der Waals surface area contributed by atoms with Gasteiger partial charge in [0.1, 0.15) is 5.60 Å². The summed E-state index contributed by atoms with van der Waals surface area (Å²) in [5.41, 5.74) is 13.2. The van der Waals surface area contributed by atoms with Crippen molar-refractivity contribution in [1.82, 2.24) is 13.7 Å². The highest BCUT2D eigenvalue weighted by molar-refractivity contribution is 6.16. The van der Waals surface area contributed by atoms with E-state index in [1.807, 2.05) is 20.8 Å². The van der Waals surface area contributed by atoms with Crippen molar-refractivity contribution in [3.05, 3.63) is 131 Å². The number of fused-ring (bicyclic) bond motifs is 9. The van der Waals surface area contributed by atoms with Crippen molar-refractivity contribution < 1.29 is 9.53 Å². The van der Waals surface area contributed by atoms with Crippen LogP contribution in [0.25, 0.3) is 76.8 Å². The van der Waals surface area contributed by atoms with Crippen LogP contribution in [0.4, 0.5) is 4.79 Å². The summed E-state index contributed by atoms with van der Waals surface area (Å²) >= 11 is 0. The number of hydrogen-bond donors (Lipinski definition) is 0. The third-order valence-electron chi connectivity index (χ3n) is 11.3. The van der Waals surface area contributed by atoms with Crippen LogP contribution in [0.15, 0.2) is 109 Å². The number of benzene rings is 6. The Morgan fingerprint density at radius 2 is 0.944 bits per heavy atom. The molecule has 54 heavy (non-hydrogen) atoms. The van der Waals surface area contributed by atoms with Gasteiger partial charge in [0, 0.05) is 43.7 Å². The zero-order chi connectivity index (χ0) is 37.5. The Kier molecular flexibility index (Phi) is 7.97. The van der Waals surface area contributed by atoms with Gasteiger partial charge in [-0.15, -0.1) is 0 Å². The van der Waals surface area contributed by atoms with Crippen LogP contribution >= 0.6 is 0 Å². The van der Waals surface area contributed by atoms with Crippen LogP contribution in [0, 0.1) is 0 Å². The standard InChI is InChI=1S/C49H47N3O2/c1-8-30-15-20-41-36(25-30)37-26-31(9-2)16-21-42(37)50(41)34-18-23-43-38(28-34)39-29-35(19-24-44(39)52(43)48(53)54-49(5,6)7)51-45-22-17-32(10-3)27-40(45)47-33(11-4)13-12-14-46(47)51/h12-29H,8-11H2,1-7H3. The number of carbonyl (C=O) groups excluding carboxylic acids is 1. The summed E-state index contributed by atoms with van der Waals surface area (Å²) in [6.07, 6.45) is 3.54. The molecule has 270 valence electrons. The van der Waals surface area contributed by atoms with Crippen molar-refractivity contribution >= 4 is 71.5 Å². The SMILES string of the molecule is CCc1ccc2c(c1)c1cc(CC)ccc1n2-c1ccc2c(c1)c1cc(-n3c4ccc(CC)cc4c4c(CC)cccc43)ccc1n2C(=O)OC(C)(C)C. The molecule has 3 aromatic heterocycles. The second kappa shape index (κ2) is 12.7. The zero-order valence-corrected chi connectivity index (χ0v) is 32.4. The van der Waals surface area contributed by atoms with Gasteiger partial charge in [-0.3, -0.25) is 0 Å². The van der Waals surface area contributed by atoms with E-state index in [1.165, 1.54) is 65.9 Å². The molecule has 6 aromatic carbocycles. The van der Waals surface area contributed by atoms with Gasteiger partial charge in [-0.05, 0) is 148 Å². The van der Waals surface area contributed by atoms with Gasteiger partial charge >= 0.3 is 6.09 Å². The topological polar surface area (TPSA) is 41.1 Å². The molecule has 3 heterocycles. The molecule has 0 radical (unpaired) electrons. The van der Waals surface area contributed by atoms with Crippen molar-refractivity contribution in [3.63, 3.8) is 0 Å². The molecule has 5 nitrogen and oxygen atoms in total. The first-order valence-electron chi connectivity index (χ1n) is 19.6. The lowest BCUT2D eigenvalue weighted by atomic mass is 10.0. The third-order valence-corrected chi connectivity index (χ3v) is 11.3. The molecular weight excluding hydrogens is 663 g/mol. The average Bonchev–Trinajstić information content (AvgIpc) is 3.81. The summed E-state index contributed by atoms with van der Waals surface area (Å²) in [6.45, 7) is 14.6. The lowest BCUT2D eigenvalue weighted by Gasteiger charge is -2.20. The maximum Gasteiger partial charge on any atom is 0.419 e. The Balaban J connectivity index is 1.35. The average molecular weight is 710 g/mol. The molecule has 0 amide bonds. The minimum atomic E-state index is -0.644. The molecular formula is C49H47N3O2. The van der Waals surface area contributed by atoms with E-state index >= 15 is 0 Å². The molecule has 0 saturated carbocycles. The normalized spacial score (nSPS) is 12.4. The van der Waals surface area contributed by atoms with Crippen LogP contribution in [-0.4, -0.2) is 25.4 Å². The molecule has 9 aromatic rings. The van der Waals surface area contributed by atoms with Crippen LogP contribution in [0.5, 0.6) is 0 Å². The minimum Gasteiger partial charge on any atom is -0.443 e. The summed E-state index contributed by atoms with van der Waals surface area (Å²) in [5, 5.41) is 7.13. The van der Waals surface area contributed by atoms with E-state index in [0.717, 1.165) is 58.9 Å². The smallest absolute Gasteiger partial charge is 0.419 e. The number of ether oxygens (including phenoxy) is 1. The van der Waals surface area contributed by atoms with Gasteiger partial charge in [0.05, 0.1) is 33.1 Å². The van der Waals surface area contributed by atoms with Crippen molar-refractivity contribution in [2.24, 2.45) is 0 Å². The van der Waals surface area contributed by atoms with Crippen LogP contribution in [0.3, 0.4) is 0 Å². The van der Waals surface area contributed by atoms with E-state index in [1.54, 1.807) is 4.57 Å². The van der Waals surface area contributed by atoms with Crippen LogP contribution in [0.1, 0.15) is 70.7 Å². The molecule has 0 N–H and O–H groups in total. The minimum absolute atomic E-state index is 0.379. The molecule has 0 aliphatic heterocycles. The molecule has 0 spiro atoms. The highest BCUT2D eigenvalue weighted by atomic mass is 16.6. The van der Waals surface area contributed by atoms with E-state index in [9.17, 15) is 4.79 Å². The first kappa shape index (κ1) is 34.0. The zero-order valence-electron chi connectivity index (χ0n) is 32.4. The largest absolute Gasteiger partial charge is 0.443 e. The predicted octanol–water partition coefficient (Wildman–Crippen LogP) is 13.0. The third kappa shape index (κ3) is 5.24. The number of aryl methyl sites for hydroxylation is 4.